The zero-order valence-corrected chi connectivity index (χ0v) is 8.89. The third-order valence-electron chi connectivity index (χ3n) is 1.73. The largest absolute Gasteiger partial charge is 0.153 e. The van der Waals surface area contributed by atoms with Crippen molar-refractivity contribution in [3.8, 4) is 0 Å². The molecule has 1 rings (SSSR count). The minimum Gasteiger partial charge on any atom is -0.153 e. The van der Waals surface area contributed by atoms with E-state index in [0.29, 0.717) is 0 Å². The predicted octanol–water partition coefficient (Wildman–Crippen LogP) is 3.89. The van der Waals surface area contributed by atoms with E-state index in [-0.39, 0.29) is 0 Å². The lowest BCUT2D eigenvalue weighted by atomic mass is 10.2. The maximum Gasteiger partial charge on any atom is 0.0187 e. The van der Waals surface area contributed by atoms with Crippen LogP contribution in [0.25, 0.3) is 0 Å². The van der Waals surface area contributed by atoms with Crippen molar-refractivity contribution in [2.75, 3.05) is 5.75 Å². The Morgan fingerprint density at radius 2 is 1.92 bits per heavy atom. The maximum atomic E-state index is 2.24. The standard InChI is InChI=1S/C12H16S/c1-2-3-7-10-13-11-12-8-5-4-6-9-12/h3-9H,2,10-11H2,1H3. The molecule has 70 valence electrons. The fraction of sp³-hybridized carbons (Fsp3) is 0.333. The first-order valence-electron chi connectivity index (χ1n) is 4.70. The topological polar surface area (TPSA) is 0 Å². The van der Waals surface area contributed by atoms with Gasteiger partial charge in [-0.2, -0.15) is 11.8 Å². The average Bonchev–Trinajstić information content (AvgIpc) is 2.19. The first-order valence-corrected chi connectivity index (χ1v) is 5.85. The molecule has 0 aromatic heterocycles. The van der Waals surface area contributed by atoms with Crippen molar-refractivity contribution < 1.29 is 0 Å². The maximum absolute atomic E-state index is 2.24. The van der Waals surface area contributed by atoms with Crippen molar-refractivity contribution in [3.63, 3.8) is 0 Å². The summed E-state index contributed by atoms with van der Waals surface area (Å²) in [5.74, 6) is 2.25. The molecule has 0 heterocycles. The van der Waals surface area contributed by atoms with E-state index in [4.69, 9.17) is 0 Å². The van der Waals surface area contributed by atoms with Crippen molar-refractivity contribution in [1.82, 2.24) is 0 Å². The number of hydrogen-bond donors (Lipinski definition) is 0. The van der Waals surface area contributed by atoms with Crippen molar-refractivity contribution in [3.05, 3.63) is 48.0 Å². The van der Waals surface area contributed by atoms with Crippen LogP contribution in [0.15, 0.2) is 42.5 Å². The summed E-state index contributed by atoms with van der Waals surface area (Å²) in [6.07, 6.45) is 5.61. The van der Waals surface area contributed by atoms with Gasteiger partial charge in [-0.05, 0) is 12.0 Å². The van der Waals surface area contributed by atoms with Crippen LogP contribution in [0.5, 0.6) is 0 Å². The Morgan fingerprint density at radius 1 is 1.15 bits per heavy atom. The smallest absolute Gasteiger partial charge is 0.0187 e. The van der Waals surface area contributed by atoms with E-state index < -0.39 is 0 Å². The molecule has 1 heteroatoms. The normalized spacial score (nSPS) is 10.8. The second-order valence-electron chi connectivity index (χ2n) is 2.88. The summed E-state index contributed by atoms with van der Waals surface area (Å²) in [6.45, 7) is 2.17. The molecule has 13 heavy (non-hydrogen) atoms. The van der Waals surface area contributed by atoms with Gasteiger partial charge in [0.25, 0.3) is 0 Å². The van der Waals surface area contributed by atoms with Crippen molar-refractivity contribution in [2.45, 2.75) is 19.1 Å². The average molecular weight is 192 g/mol. The number of thioether (sulfide) groups is 1. The van der Waals surface area contributed by atoms with Crippen LogP contribution >= 0.6 is 11.8 Å². The summed E-state index contributed by atoms with van der Waals surface area (Å²) >= 11 is 1.96. The van der Waals surface area contributed by atoms with Crippen LogP contribution in [0, 0.1) is 0 Å². The van der Waals surface area contributed by atoms with Gasteiger partial charge in [-0.15, -0.1) is 0 Å². The Labute approximate surface area is 85.1 Å². The van der Waals surface area contributed by atoms with E-state index in [9.17, 15) is 0 Å². The lowest BCUT2D eigenvalue weighted by molar-refractivity contribution is 1.22. The molecular weight excluding hydrogens is 176 g/mol. The van der Waals surface area contributed by atoms with Crippen molar-refractivity contribution in [1.29, 1.82) is 0 Å². The summed E-state index contributed by atoms with van der Waals surface area (Å²) in [7, 11) is 0. The molecule has 0 aliphatic heterocycles. The number of allylic oxidation sites excluding steroid dienone is 1. The third-order valence-corrected chi connectivity index (χ3v) is 2.69. The molecule has 0 aliphatic rings. The second-order valence-corrected chi connectivity index (χ2v) is 3.91. The second kappa shape index (κ2) is 6.79. The first-order chi connectivity index (χ1) is 6.43. The highest BCUT2D eigenvalue weighted by Crippen LogP contribution is 2.11. The van der Waals surface area contributed by atoms with Crippen LogP contribution in [0.1, 0.15) is 18.9 Å². The molecule has 0 unspecified atom stereocenters. The Hall–Kier alpha value is -0.690. The zero-order valence-electron chi connectivity index (χ0n) is 8.07. The number of rotatable bonds is 5. The van der Waals surface area contributed by atoms with E-state index in [0.717, 1.165) is 17.9 Å². The minimum atomic E-state index is 1.12. The van der Waals surface area contributed by atoms with E-state index in [1.165, 1.54) is 5.56 Å². The van der Waals surface area contributed by atoms with E-state index >= 15 is 0 Å². The van der Waals surface area contributed by atoms with E-state index in [2.05, 4.69) is 49.4 Å². The van der Waals surface area contributed by atoms with Gasteiger partial charge >= 0.3 is 0 Å². The monoisotopic (exact) mass is 192 g/mol. The Kier molecular flexibility index (Phi) is 5.42. The van der Waals surface area contributed by atoms with Crippen LogP contribution in [-0.2, 0) is 5.75 Å². The SMILES string of the molecule is CCC=CCSCc1ccccc1. The summed E-state index contributed by atoms with van der Waals surface area (Å²) in [5.41, 5.74) is 1.41. The molecule has 0 N–H and O–H groups in total. The zero-order chi connectivity index (χ0) is 9.36. The van der Waals surface area contributed by atoms with Crippen molar-refractivity contribution in [2.24, 2.45) is 0 Å². The Morgan fingerprint density at radius 3 is 2.62 bits per heavy atom. The third kappa shape index (κ3) is 4.79. The van der Waals surface area contributed by atoms with Gasteiger partial charge in [0.15, 0.2) is 0 Å². The van der Waals surface area contributed by atoms with Crippen LogP contribution in [0.3, 0.4) is 0 Å². The Bertz CT molecular complexity index is 239. The van der Waals surface area contributed by atoms with E-state index in [1.54, 1.807) is 0 Å². The molecule has 0 saturated carbocycles. The van der Waals surface area contributed by atoms with Crippen LogP contribution < -0.4 is 0 Å². The van der Waals surface area contributed by atoms with Crippen LogP contribution in [0.2, 0.25) is 0 Å². The number of hydrogen-bond acceptors (Lipinski definition) is 1. The number of benzene rings is 1. The van der Waals surface area contributed by atoms with Gasteiger partial charge in [0, 0.05) is 11.5 Å². The van der Waals surface area contributed by atoms with Gasteiger partial charge in [0.05, 0.1) is 0 Å². The summed E-state index contributed by atoms with van der Waals surface area (Å²) in [5, 5.41) is 0. The lowest BCUT2D eigenvalue weighted by Gasteiger charge is -1.97. The van der Waals surface area contributed by atoms with Gasteiger partial charge in [-0.1, -0.05) is 49.4 Å². The predicted molar refractivity (Wildman–Crippen MR) is 62.0 cm³/mol. The highest BCUT2D eigenvalue weighted by atomic mass is 32.2. The first kappa shape index (κ1) is 10.4. The Balaban J connectivity index is 2.17. The molecule has 1 aromatic rings. The fourth-order valence-electron chi connectivity index (χ4n) is 1.05. The molecule has 0 bridgehead atoms. The van der Waals surface area contributed by atoms with Gasteiger partial charge in [-0.3, -0.25) is 0 Å². The summed E-state index contributed by atoms with van der Waals surface area (Å²) in [6, 6.07) is 10.6. The van der Waals surface area contributed by atoms with Gasteiger partial charge in [-0.25, -0.2) is 0 Å². The molecule has 0 radical (unpaired) electrons. The molecule has 0 aliphatic carbocycles. The van der Waals surface area contributed by atoms with E-state index in [1.807, 2.05) is 11.8 Å². The summed E-state index contributed by atoms with van der Waals surface area (Å²) in [4.78, 5) is 0. The molecule has 0 amide bonds. The molecular formula is C12H16S. The quantitative estimate of drug-likeness (QED) is 0.504. The van der Waals surface area contributed by atoms with Crippen LogP contribution in [-0.4, -0.2) is 5.75 Å². The molecule has 1 aromatic carbocycles. The highest BCUT2D eigenvalue weighted by Gasteiger charge is 1.88. The highest BCUT2D eigenvalue weighted by molar-refractivity contribution is 7.98. The van der Waals surface area contributed by atoms with Crippen molar-refractivity contribution >= 4 is 11.8 Å². The van der Waals surface area contributed by atoms with Gasteiger partial charge < -0.3 is 0 Å². The van der Waals surface area contributed by atoms with Gasteiger partial charge in [0.1, 0.15) is 0 Å². The molecule has 0 nitrogen and oxygen atoms in total. The molecule has 0 saturated heterocycles. The molecule has 0 spiro atoms. The fourth-order valence-corrected chi connectivity index (χ4v) is 1.87. The lowest BCUT2D eigenvalue weighted by Crippen LogP contribution is -1.79. The molecule has 0 fully saturated rings. The van der Waals surface area contributed by atoms with Crippen LogP contribution in [0.4, 0.5) is 0 Å². The summed E-state index contributed by atoms with van der Waals surface area (Å²) < 4.78 is 0. The minimum absolute atomic E-state index is 1.12. The van der Waals surface area contributed by atoms with Gasteiger partial charge in [0.2, 0.25) is 0 Å². The molecule has 0 atom stereocenters.